The van der Waals surface area contributed by atoms with E-state index in [0.29, 0.717) is 6.42 Å². The zero-order valence-corrected chi connectivity index (χ0v) is 19.3. The molecule has 194 valence electrons. The molecule has 0 fully saturated rings. The van der Waals surface area contributed by atoms with Crippen LogP contribution in [0.3, 0.4) is 0 Å². The first-order chi connectivity index (χ1) is 15.7. The van der Waals surface area contributed by atoms with Crippen LogP contribution in [0.25, 0.3) is 0 Å². The number of aliphatic hydroxyl groups is 1. The Hall–Kier alpha value is -3.26. The third-order valence-corrected chi connectivity index (χ3v) is 5.16. The highest BCUT2D eigenvalue weighted by Crippen LogP contribution is 2.10. The van der Waals surface area contributed by atoms with Crippen molar-refractivity contribution < 1.29 is 49.2 Å². The molecule has 0 rings (SSSR count). The maximum Gasteiger partial charge on any atom is 0.326 e. The molecule has 0 heterocycles. The van der Waals surface area contributed by atoms with Crippen LogP contribution in [0.2, 0.25) is 0 Å². The highest BCUT2D eigenvalue weighted by Gasteiger charge is 2.32. The number of nitrogens with two attached hydrogens (primary N) is 1. The molecule has 0 spiro atoms. The molecule has 14 heteroatoms. The van der Waals surface area contributed by atoms with Gasteiger partial charge in [0, 0.05) is 12.8 Å². The smallest absolute Gasteiger partial charge is 0.326 e. The molecular weight excluding hydrogens is 456 g/mol. The normalized spacial score (nSPS) is 16.1. The second-order valence-electron chi connectivity index (χ2n) is 7.96. The van der Waals surface area contributed by atoms with E-state index < -0.39 is 97.5 Å². The molecule has 0 saturated carbocycles. The molecular formula is C20H34N4O10. The molecule has 6 atom stereocenters. The van der Waals surface area contributed by atoms with Crippen LogP contribution in [-0.4, -0.2) is 86.3 Å². The van der Waals surface area contributed by atoms with Crippen LogP contribution in [0, 0.1) is 5.92 Å². The quantitative estimate of drug-likeness (QED) is 0.118. The highest BCUT2D eigenvalue weighted by atomic mass is 16.4. The van der Waals surface area contributed by atoms with Gasteiger partial charge in [-0.25, -0.2) is 4.79 Å². The molecule has 0 aromatic rings. The van der Waals surface area contributed by atoms with Crippen molar-refractivity contribution in [2.24, 2.45) is 11.7 Å². The number of rotatable bonds is 16. The first-order valence-electron chi connectivity index (χ1n) is 10.7. The topological polar surface area (TPSA) is 245 Å². The van der Waals surface area contributed by atoms with Gasteiger partial charge in [0.15, 0.2) is 0 Å². The van der Waals surface area contributed by atoms with Crippen molar-refractivity contribution in [1.29, 1.82) is 0 Å². The molecule has 14 nitrogen and oxygen atoms in total. The SMILES string of the molecule is CCC(C)C(NC(=O)C(CCC(=O)O)NC(=O)C(CCC(=O)O)NC(=O)C(N)C(C)O)C(=O)O. The van der Waals surface area contributed by atoms with Crippen LogP contribution in [0.1, 0.15) is 52.9 Å². The van der Waals surface area contributed by atoms with Crippen molar-refractivity contribution in [2.45, 2.75) is 83.1 Å². The third kappa shape index (κ3) is 11.0. The molecule has 0 bridgehead atoms. The Morgan fingerprint density at radius 3 is 1.53 bits per heavy atom. The predicted molar refractivity (Wildman–Crippen MR) is 116 cm³/mol. The van der Waals surface area contributed by atoms with Gasteiger partial charge in [0.25, 0.3) is 0 Å². The number of carboxylic acid groups (broad SMARTS) is 3. The van der Waals surface area contributed by atoms with E-state index in [-0.39, 0.29) is 0 Å². The second-order valence-corrected chi connectivity index (χ2v) is 7.96. The molecule has 34 heavy (non-hydrogen) atoms. The van der Waals surface area contributed by atoms with E-state index in [2.05, 4.69) is 16.0 Å². The van der Waals surface area contributed by atoms with Gasteiger partial charge < -0.3 is 42.1 Å². The van der Waals surface area contributed by atoms with Gasteiger partial charge in [-0.15, -0.1) is 0 Å². The predicted octanol–water partition coefficient (Wildman–Crippen LogP) is -1.99. The van der Waals surface area contributed by atoms with Crippen molar-refractivity contribution in [3.8, 4) is 0 Å². The van der Waals surface area contributed by atoms with E-state index >= 15 is 0 Å². The number of carboxylic acids is 3. The van der Waals surface area contributed by atoms with E-state index in [1.54, 1.807) is 13.8 Å². The maximum absolute atomic E-state index is 12.8. The zero-order valence-electron chi connectivity index (χ0n) is 19.3. The first kappa shape index (κ1) is 30.7. The van der Waals surface area contributed by atoms with Gasteiger partial charge in [-0.1, -0.05) is 20.3 Å². The number of aliphatic hydroxyl groups excluding tert-OH is 1. The molecule has 0 aliphatic heterocycles. The fourth-order valence-corrected chi connectivity index (χ4v) is 2.77. The second kappa shape index (κ2) is 14.8. The summed E-state index contributed by atoms with van der Waals surface area (Å²) in [6.07, 6.45) is -2.73. The standard InChI is InChI=1S/C20H34N4O10/c1-4-9(2)16(20(33)34)24-18(31)12(6-8-14(28)29)22-17(30)11(5-7-13(26)27)23-19(32)15(21)10(3)25/h9-12,15-16,25H,4-8,21H2,1-3H3,(H,22,30)(H,23,32)(H,24,31)(H,26,27)(H,28,29)(H,33,34). The van der Waals surface area contributed by atoms with Crippen molar-refractivity contribution in [1.82, 2.24) is 16.0 Å². The van der Waals surface area contributed by atoms with Crippen LogP contribution in [-0.2, 0) is 28.8 Å². The monoisotopic (exact) mass is 490 g/mol. The van der Waals surface area contributed by atoms with Gasteiger partial charge in [-0.3, -0.25) is 24.0 Å². The summed E-state index contributed by atoms with van der Waals surface area (Å²) < 4.78 is 0. The first-order valence-corrected chi connectivity index (χ1v) is 10.7. The molecule has 0 aliphatic carbocycles. The average molecular weight is 491 g/mol. The largest absolute Gasteiger partial charge is 0.481 e. The Morgan fingerprint density at radius 2 is 1.18 bits per heavy atom. The van der Waals surface area contributed by atoms with Crippen molar-refractivity contribution >= 4 is 35.6 Å². The Balaban J connectivity index is 5.69. The van der Waals surface area contributed by atoms with Crippen molar-refractivity contribution in [3.63, 3.8) is 0 Å². The molecule has 0 aromatic carbocycles. The molecule has 6 unspecified atom stereocenters. The van der Waals surface area contributed by atoms with Crippen LogP contribution in [0.15, 0.2) is 0 Å². The van der Waals surface area contributed by atoms with Gasteiger partial charge in [-0.05, 0) is 25.7 Å². The number of aliphatic carboxylic acids is 3. The highest BCUT2D eigenvalue weighted by molar-refractivity contribution is 5.94. The zero-order chi connectivity index (χ0) is 26.6. The van der Waals surface area contributed by atoms with E-state index in [1.165, 1.54) is 6.92 Å². The van der Waals surface area contributed by atoms with E-state index in [4.69, 9.17) is 15.9 Å². The van der Waals surface area contributed by atoms with E-state index in [9.17, 15) is 39.0 Å². The molecule has 0 aromatic heterocycles. The lowest BCUT2D eigenvalue weighted by Crippen LogP contribution is -2.58. The third-order valence-electron chi connectivity index (χ3n) is 5.16. The van der Waals surface area contributed by atoms with Crippen LogP contribution >= 0.6 is 0 Å². The number of hydrogen-bond acceptors (Lipinski definition) is 8. The van der Waals surface area contributed by atoms with Crippen LogP contribution < -0.4 is 21.7 Å². The lowest BCUT2D eigenvalue weighted by molar-refractivity contribution is -0.144. The summed E-state index contributed by atoms with van der Waals surface area (Å²) in [6, 6.07) is -5.67. The van der Waals surface area contributed by atoms with Gasteiger partial charge in [0.1, 0.15) is 24.2 Å². The minimum Gasteiger partial charge on any atom is -0.481 e. The van der Waals surface area contributed by atoms with Gasteiger partial charge >= 0.3 is 17.9 Å². The molecule has 0 radical (unpaired) electrons. The number of carbonyl (C=O) groups excluding carboxylic acids is 3. The summed E-state index contributed by atoms with van der Waals surface area (Å²) in [5.41, 5.74) is 5.52. The molecule has 3 amide bonds. The molecule has 9 N–H and O–H groups in total. The van der Waals surface area contributed by atoms with E-state index in [1.807, 2.05) is 0 Å². The Labute approximate surface area is 196 Å². The molecule has 0 aliphatic rings. The maximum atomic E-state index is 12.8. The van der Waals surface area contributed by atoms with Crippen LogP contribution in [0.5, 0.6) is 0 Å². The fraction of sp³-hybridized carbons (Fsp3) is 0.700. The van der Waals surface area contributed by atoms with Crippen molar-refractivity contribution in [2.75, 3.05) is 0 Å². The number of carbonyl (C=O) groups is 6. The minimum atomic E-state index is -1.48. The fourth-order valence-electron chi connectivity index (χ4n) is 2.77. The van der Waals surface area contributed by atoms with Gasteiger partial charge in [-0.2, -0.15) is 0 Å². The Kier molecular flexibility index (Phi) is 13.4. The summed E-state index contributed by atoms with van der Waals surface area (Å²) in [7, 11) is 0. The van der Waals surface area contributed by atoms with Gasteiger partial charge in [0.05, 0.1) is 6.10 Å². The minimum absolute atomic E-state index is 0.392. The Bertz CT molecular complexity index is 758. The lowest BCUT2D eigenvalue weighted by Gasteiger charge is -2.26. The average Bonchev–Trinajstić information content (AvgIpc) is 2.75. The molecule has 0 saturated heterocycles. The van der Waals surface area contributed by atoms with Crippen molar-refractivity contribution in [3.05, 3.63) is 0 Å². The van der Waals surface area contributed by atoms with Gasteiger partial charge in [0.2, 0.25) is 17.7 Å². The summed E-state index contributed by atoms with van der Waals surface area (Å²) in [6.45, 7) is 4.54. The Morgan fingerprint density at radius 1 is 0.765 bits per heavy atom. The summed E-state index contributed by atoms with van der Waals surface area (Å²) >= 11 is 0. The number of amides is 3. The number of nitrogens with one attached hydrogen (secondary N) is 3. The summed E-state index contributed by atoms with van der Waals surface area (Å²) in [5, 5.41) is 43.5. The van der Waals surface area contributed by atoms with Crippen LogP contribution in [0.4, 0.5) is 0 Å². The lowest BCUT2D eigenvalue weighted by atomic mass is 9.98. The summed E-state index contributed by atoms with van der Waals surface area (Å²) in [4.78, 5) is 71.1. The number of hydrogen-bond donors (Lipinski definition) is 8. The summed E-state index contributed by atoms with van der Waals surface area (Å²) in [5.74, 6) is -7.24. The van der Waals surface area contributed by atoms with E-state index in [0.717, 1.165) is 0 Å².